The van der Waals surface area contributed by atoms with Crippen LogP contribution in [0.2, 0.25) is 0 Å². The van der Waals surface area contributed by atoms with Gasteiger partial charge in [0, 0.05) is 0 Å². The number of carbonyl (C=O) groups excluding carboxylic acids is 3. The number of urea groups is 1. The zero-order valence-corrected chi connectivity index (χ0v) is 14.1. The second-order valence-electron chi connectivity index (χ2n) is 6.08. The highest BCUT2D eigenvalue weighted by Crippen LogP contribution is 2.28. The Bertz CT molecular complexity index is 936. The van der Waals surface area contributed by atoms with Gasteiger partial charge in [-0.3, -0.25) is 14.5 Å². The number of amides is 4. The smallest absolute Gasteiger partial charge is 0.322 e. The lowest BCUT2D eigenvalue weighted by atomic mass is 9.92. The number of nitrogens with zero attached hydrogens (tertiary/aromatic N) is 1. The molecule has 3 rings (SSSR count). The fourth-order valence-corrected chi connectivity index (χ4v) is 2.76. The number of hydrogen-bond donors (Lipinski definition) is 2. The first-order valence-corrected chi connectivity index (χ1v) is 7.87. The van der Waals surface area contributed by atoms with E-state index in [1.165, 1.54) is 6.92 Å². The molecule has 1 saturated heterocycles. The number of nitrogens with one attached hydrogen (secondary N) is 2. The number of carbonyl (C=O) groups is 3. The van der Waals surface area contributed by atoms with Gasteiger partial charge >= 0.3 is 6.03 Å². The molecule has 2 aromatic rings. The van der Waals surface area contributed by atoms with Crippen molar-refractivity contribution in [1.82, 2.24) is 10.2 Å². The Morgan fingerprint density at radius 1 is 1.07 bits per heavy atom. The number of rotatable bonds is 4. The monoisotopic (exact) mass is 377 g/mol. The van der Waals surface area contributed by atoms with E-state index in [0.29, 0.717) is 16.5 Å². The highest BCUT2D eigenvalue weighted by molar-refractivity contribution is 6.10. The fourth-order valence-electron chi connectivity index (χ4n) is 2.76. The average molecular weight is 377 g/mol. The molecule has 1 aliphatic heterocycles. The third-order valence-electron chi connectivity index (χ3n) is 4.24. The van der Waals surface area contributed by atoms with Crippen molar-refractivity contribution in [2.75, 3.05) is 11.9 Å². The Kier molecular flexibility index (Phi) is 4.61. The van der Waals surface area contributed by atoms with Crippen LogP contribution in [-0.4, -0.2) is 29.3 Å². The zero-order chi connectivity index (χ0) is 19.8. The van der Waals surface area contributed by atoms with Crippen LogP contribution >= 0.6 is 0 Å². The SMILES string of the molecule is CC1(c2ccccc2)NC(=O)N(CC(=O)Nc2ccc(F)c(F)c2F)C1=O. The Hall–Kier alpha value is -3.36. The summed E-state index contributed by atoms with van der Waals surface area (Å²) in [5.74, 6) is -6.33. The van der Waals surface area contributed by atoms with Crippen molar-refractivity contribution in [1.29, 1.82) is 0 Å². The van der Waals surface area contributed by atoms with Gasteiger partial charge in [-0.15, -0.1) is 0 Å². The minimum Gasteiger partial charge on any atom is -0.322 e. The molecular formula is C18H14F3N3O3. The molecule has 0 bridgehead atoms. The number of anilines is 1. The van der Waals surface area contributed by atoms with Gasteiger partial charge in [0.05, 0.1) is 5.69 Å². The van der Waals surface area contributed by atoms with Crippen molar-refractivity contribution >= 4 is 23.5 Å². The van der Waals surface area contributed by atoms with Crippen LogP contribution in [0.4, 0.5) is 23.7 Å². The van der Waals surface area contributed by atoms with Crippen LogP contribution in [0.3, 0.4) is 0 Å². The molecule has 2 N–H and O–H groups in total. The van der Waals surface area contributed by atoms with Gasteiger partial charge in [0.2, 0.25) is 5.91 Å². The predicted molar refractivity (Wildman–Crippen MR) is 89.0 cm³/mol. The minimum atomic E-state index is -1.74. The molecule has 1 aliphatic rings. The Morgan fingerprint density at radius 2 is 1.74 bits per heavy atom. The Balaban J connectivity index is 1.76. The lowest BCUT2D eigenvalue weighted by Gasteiger charge is -2.22. The number of benzene rings is 2. The molecule has 140 valence electrons. The van der Waals surface area contributed by atoms with E-state index < -0.39 is 53.1 Å². The zero-order valence-electron chi connectivity index (χ0n) is 14.1. The Morgan fingerprint density at radius 3 is 2.41 bits per heavy atom. The summed E-state index contributed by atoms with van der Waals surface area (Å²) in [5, 5.41) is 4.54. The predicted octanol–water partition coefficient (Wildman–Crippen LogP) is 2.51. The fraction of sp³-hybridized carbons (Fsp3) is 0.167. The van der Waals surface area contributed by atoms with Gasteiger partial charge in [0.1, 0.15) is 12.1 Å². The summed E-state index contributed by atoms with van der Waals surface area (Å²) < 4.78 is 39.8. The number of halogens is 3. The van der Waals surface area contributed by atoms with Crippen LogP contribution in [0.1, 0.15) is 12.5 Å². The van der Waals surface area contributed by atoms with Crippen LogP contribution in [0.25, 0.3) is 0 Å². The second kappa shape index (κ2) is 6.75. The highest BCUT2D eigenvalue weighted by atomic mass is 19.2. The first-order valence-electron chi connectivity index (χ1n) is 7.87. The largest absolute Gasteiger partial charge is 0.325 e. The summed E-state index contributed by atoms with van der Waals surface area (Å²) in [7, 11) is 0. The maximum Gasteiger partial charge on any atom is 0.325 e. The molecule has 0 aliphatic carbocycles. The average Bonchev–Trinajstić information content (AvgIpc) is 2.87. The van der Waals surface area contributed by atoms with Crippen molar-refractivity contribution in [3.63, 3.8) is 0 Å². The Labute approximate surface area is 152 Å². The molecule has 0 saturated carbocycles. The summed E-state index contributed by atoms with van der Waals surface area (Å²) in [5.41, 5.74) is -1.43. The van der Waals surface area contributed by atoms with Gasteiger partial charge in [-0.2, -0.15) is 0 Å². The first-order chi connectivity index (χ1) is 12.7. The molecule has 1 fully saturated rings. The maximum atomic E-state index is 13.6. The molecule has 1 atom stereocenters. The molecule has 1 unspecified atom stereocenters. The summed E-state index contributed by atoms with van der Waals surface area (Å²) in [6.45, 7) is 0.779. The van der Waals surface area contributed by atoms with Crippen molar-refractivity contribution in [3.05, 3.63) is 65.5 Å². The highest BCUT2D eigenvalue weighted by Gasteiger charge is 2.49. The van der Waals surface area contributed by atoms with Crippen molar-refractivity contribution in [2.24, 2.45) is 0 Å². The van der Waals surface area contributed by atoms with Crippen LogP contribution < -0.4 is 10.6 Å². The molecule has 0 radical (unpaired) electrons. The van der Waals surface area contributed by atoms with E-state index in [9.17, 15) is 27.6 Å². The molecule has 6 nitrogen and oxygen atoms in total. The lowest BCUT2D eigenvalue weighted by molar-refractivity contribution is -0.133. The third kappa shape index (κ3) is 3.23. The van der Waals surface area contributed by atoms with E-state index in [1.807, 2.05) is 5.32 Å². The summed E-state index contributed by atoms with van der Waals surface area (Å²) in [6.07, 6.45) is 0. The molecule has 2 aromatic carbocycles. The molecule has 9 heteroatoms. The summed E-state index contributed by atoms with van der Waals surface area (Å²) >= 11 is 0. The topological polar surface area (TPSA) is 78.5 Å². The van der Waals surface area contributed by atoms with E-state index in [1.54, 1.807) is 30.3 Å². The van der Waals surface area contributed by atoms with Gasteiger partial charge < -0.3 is 10.6 Å². The van der Waals surface area contributed by atoms with E-state index in [4.69, 9.17) is 0 Å². The molecule has 27 heavy (non-hydrogen) atoms. The van der Waals surface area contributed by atoms with Crippen molar-refractivity contribution in [3.8, 4) is 0 Å². The lowest BCUT2D eigenvalue weighted by Crippen LogP contribution is -2.42. The standard InChI is InChI=1S/C18H14F3N3O3/c1-18(10-5-3-2-4-6-10)16(26)24(17(27)23-18)9-13(25)22-12-8-7-11(19)14(20)15(12)21/h2-8H,9H2,1H3,(H,22,25)(H,23,27). The van der Waals surface area contributed by atoms with Crippen molar-refractivity contribution in [2.45, 2.75) is 12.5 Å². The number of imide groups is 1. The van der Waals surface area contributed by atoms with E-state index >= 15 is 0 Å². The molecule has 0 spiro atoms. The first kappa shape index (κ1) is 18.4. The van der Waals surface area contributed by atoms with Crippen molar-refractivity contribution < 1.29 is 27.6 Å². The number of hydrogen-bond acceptors (Lipinski definition) is 3. The van der Waals surface area contributed by atoms with Gasteiger partial charge in [0.15, 0.2) is 17.5 Å². The second-order valence-corrected chi connectivity index (χ2v) is 6.08. The van der Waals surface area contributed by atoms with Crippen LogP contribution in [0, 0.1) is 17.5 Å². The van der Waals surface area contributed by atoms with E-state index in [-0.39, 0.29) is 0 Å². The van der Waals surface area contributed by atoms with Gasteiger partial charge in [-0.25, -0.2) is 18.0 Å². The third-order valence-corrected chi connectivity index (χ3v) is 4.24. The normalized spacial score (nSPS) is 19.2. The van der Waals surface area contributed by atoms with Gasteiger partial charge in [-0.05, 0) is 24.6 Å². The quantitative estimate of drug-likeness (QED) is 0.635. The van der Waals surface area contributed by atoms with Crippen LogP contribution in [-0.2, 0) is 15.1 Å². The maximum absolute atomic E-state index is 13.6. The van der Waals surface area contributed by atoms with Crippen LogP contribution in [0.5, 0.6) is 0 Å². The van der Waals surface area contributed by atoms with Gasteiger partial charge in [-0.1, -0.05) is 30.3 Å². The summed E-state index contributed by atoms with van der Waals surface area (Å²) in [4.78, 5) is 37.6. The molecular weight excluding hydrogens is 363 g/mol. The molecule has 1 heterocycles. The van der Waals surface area contributed by atoms with Gasteiger partial charge in [0.25, 0.3) is 5.91 Å². The minimum absolute atomic E-state index is 0.526. The molecule has 0 aromatic heterocycles. The summed E-state index contributed by atoms with van der Waals surface area (Å²) in [6, 6.07) is 9.13. The van der Waals surface area contributed by atoms with E-state index in [0.717, 1.165) is 6.07 Å². The molecule has 4 amide bonds. The van der Waals surface area contributed by atoms with Crippen LogP contribution in [0.15, 0.2) is 42.5 Å². The van der Waals surface area contributed by atoms with E-state index in [2.05, 4.69) is 5.32 Å².